The Morgan fingerprint density at radius 2 is 2.04 bits per heavy atom. The second-order valence-electron chi connectivity index (χ2n) is 4.62. The molecule has 0 spiro atoms. The van der Waals surface area contributed by atoms with Crippen molar-refractivity contribution < 1.29 is 32.9 Å². The van der Waals surface area contributed by atoms with Gasteiger partial charge in [0.05, 0.1) is 33.5 Å². The largest absolute Gasteiger partial charge is 0.483 e. The number of carbonyl (C=O) groups is 2. The van der Waals surface area contributed by atoms with Crippen LogP contribution in [0.3, 0.4) is 0 Å². The summed E-state index contributed by atoms with van der Waals surface area (Å²) in [5, 5.41) is 2.61. The number of carbonyl (C=O) groups excluding carboxylic acids is 2. The zero-order valence-corrected chi connectivity index (χ0v) is 12.6. The van der Waals surface area contributed by atoms with Crippen molar-refractivity contribution in [3.63, 3.8) is 0 Å². The van der Waals surface area contributed by atoms with Gasteiger partial charge in [-0.1, -0.05) is 0 Å². The van der Waals surface area contributed by atoms with E-state index in [1.807, 2.05) is 0 Å². The van der Waals surface area contributed by atoms with Crippen LogP contribution < -0.4 is 10.1 Å². The fourth-order valence-electron chi connectivity index (χ4n) is 1.72. The molecule has 0 aliphatic carbocycles. The second kappa shape index (κ2) is 7.59. The van der Waals surface area contributed by atoms with Gasteiger partial charge in [-0.05, 0) is 12.1 Å². The molecule has 0 aromatic heterocycles. The lowest BCUT2D eigenvalue weighted by Crippen LogP contribution is -2.38. The number of methoxy groups -OCH3 is 2. The first-order valence-electron chi connectivity index (χ1n) is 6.72. The molecule has 1 N–H and O–H groups in total. The Labute approximate surface area is 132 Å². The van der Waals surface area contributed by atoms with Crippen LogP contribution in [0.25, 0.3) is 0 Å². The Morgan fingerprint density at radius 3 is 2.57 bits per heavy atom. The van der Waals surface area contributed by atoms with Crippen molar-refractivity contribution in [2.45, 2.75) is 6.10 Å². The topological polar surface area (TPSA) is 83.1 Å². The number of hydrogen-bond donors (Lipinski definition) is 1. The molecule has 124 valence electrons. The zero-order valence-electron chi connectivity index (χ0n) is 12.6. The van der Waals surface area contributed by atoms with Crippen LogP contribution >= 0.6 is 0 Å². The van der Waals surface area contributed by atoms with Gasteiger partial charge in [-0.2, -0.15) is 0 Å². The van der Waals surface area contributed by atoms with E-state index in [2.05, 4.69) is 14.8 Å². The number of hydrogen-bond acceptors (Lipinski definition) is 7. The summed E-state index contributed by atoms with van der Waals surface area (Å²) in [4.78, 5) is 22.9. The molecule has 23 heavy (non-hydrogen) atoms. The summed E-state index contributed by atoms with van der Waals surface area (Å²) in [6.07, 6.45) is 0.757. The van der Waals surface area contributed by atoms with E-state index < -0.39 is 17.8 Å². The first-order valence-corrected chi connectivity index (χ1v) is 6.72. The molecule has 0 amide bonds. The van der Waals surface area contributed by atoms with Gasteiger partial charge in [0.1, 0.15) is 11.8 Å². The fourth-order valence-corrected chi connectivity index (χ4v) is 1.72. The van der Waals surface area contributed by atoms with Gasteiger partial charge in [-0.15, -0.1) is 0 Å². The number of esters is 2. The summed E-state index contributed by atoms with van der Waals surface area (Å²) in [7, 11) is 2.33. The van der Waals surface area contributed by atoms with E-state index in [1.165, 1.54) is 19.2 Å². The van der Waals surface area contributed by atoms with E-state index in [0.717, 1.165) is 19.3 Å². The Balaban J connectivity index is 2.13. The van der Waals surface area contributed by atoms with E-state index in [0.29, 0.717) is 13.2 Å². The summed E-state index contributed by atoms with van der Waals surface area (Å²) in [5.41, 5.74) is 0.0695. The standard InChI is InChI=1S/C15H16FNO6/c1-20-14(18)6-12(15(19)21-2)17-9-3-4-13(11(16)5-9)23-10-7-22-8-10/h3-6,10,17H,7-8H2,1-2H3/b12-6+. The van der Waals surface area contributed by atoms with Crippen molar-refractivity contribution in [2.75, 3.05) is 32.8 Å². The molecule has 1 saturated heterocycles. The first-order chi connectivity index (χ1) is 11.0. The molecule has 8 heteroatoms. The third kappa shape index (κ3) is 4.43. The molecule has 1 fully saturated rings. The van der Waals surface area contributed by atoms with Crippen LogP contribution in [-0.2, 0) is 23.8 Å². The molecule has 0 atom stereocenters. The number of benzene rings is 1. The maximum absolute atomic E-state index is 14.0. The highest BCUT2D eigenvalue weighted by molar-refractivity contribution is 5.98. The van der Waals surface area contributed by atoms with Gasteiger partial charge in [-0.3, -0.25) is 0 Å². The smallest absolute Gasteiger partial charge is 0.354 e. The van der Waals surface area contributed by atoms with Crippen molar-refractivity contribution in [1.82, 2.24) is 0 Å². The van der Waals surface area contributed by atoms with Gasteiger partial charge in [0.25, 0.3) is 0 Å². The average Bonchev–Trinajstić information content (AvgIpc) is 2.50. The monoisotopic (exact) mass is 325 g/mol. The van der Waals surface area contributed by atoms with E-state index in [9.17, 15) is 14.0 Å². The lowest BCUT2D eigenvalue weighted by molar-refractivity contribution is -0.138. The normalized spacial score (nSPS) is 14.7. The third-order valence-electron chi connectivity index (χ3n) is 2.98. The molecule has 1 aliphatic rings. The Morgan fingerprint density at radius 1 is 1.30 bits per heavy atom. The molecule has 0 radical (unpaired) electrons. The van der Waals surface area contributed by atoms with E-state index in [4.69, 9.17) is 9.47 Å². The summed E-state index contributed by atoms with van der Waals surface area (Å²) in [5.74, 6) is -2.06. The number of ether oxygens (including phenoxy) is 4. The van der Waals surface area contributed by atoms with Crippen molar-refractivity contribution in [2.24, 2.45) is 0 Å². The molecule has 1 aliphatic heterocycles. The van der Waals surface area contributed by atoms with Crippen molar-refractivity contribution in [3.05, 3.63) is 35.8 Å². The zero-order chi connectivity index (χ0) is 16.8. The number of nitrogens with one attached hydrogen (secondary N) is 1. The lowest BCUT2D eigenvalue weighted by Gasteiger charge is -2.26. The molecular formula is C15H16FNO6. The van der Waals surface area contributed by atoms with Gasteiger partial charge in [-0.25, -0.2) is 14.0 Å². The molecule has 0 saturated carbocycles. The molecule has 1 aromatic rings. The van der Waals surface area contributed by atoms with Crippen LogP contribution in [0.1, 0.15) is 0 Å². The van der Waals surface area contributed by atoms with Crippen molar-refractivity contribution >= 4 is 17.6 Å². The summed E-state index contributed by atoms with van der Waals surface area (Å²) < 4.78 is 33.3. The fraction of sp³-hybridized carbons (Fsp3) is 0.333. The molecule has 7 nitrogen and oxygen atoms in total. The highest BCUT2D eigenvalue weighted by atomic mass is 19.1. The molecule has 1 heterocycles. The van der Waals surface area contributed by atoms with Crippen molar-refractivity contribution in [3.8, 4) is 5.75 Å². The van der Waals surface area contributed by atoms with Crippen molar-refractivity contribution in [1.29, 1.82) is 0 Å². The summed E-state index contributed by atoms with van der Waals surface area (Å²) in [6, 6.07) is 4.07. The number of anilines is 1. The second-order valence-corrected chi connectivity index (χ2v) is 4.62. The van der Waals surface area contributed by atoms with Crippen LogP contribution in [0, 0.1) is 5.82 Å². The predicted molar refractivity (Wildman–Crippen MR) is 77.4 cm³/mol. The van der Waals surface area contributed by atoms with Crippen LogP contribution in [0.15, 0.2) is 30.0 Å². The van der Waals surface area contributed by atoms with Crippen LogP contribution in [0.2, 0.25) is 0 Å². The highest BCUT2D eigenvalue weighted by Gasteiger charge is 2.22. The molecule has 1 aromatic carbocycles. The van der Waals surface area contributed by atoms with E-state index in [1.54, 1.807) is 0 Å². The van der Waals surface area contributed by atoms with Crippen LogP contribution in [0.5, 0.6) is 5.75 Å². The van der Waals surface area contributed by atoms with Gasteiger partial charge in [0.2, 0.25) is 0 Å². The minimum absolute atomic E-state index is 0.0837. The lowest BCUT2D eigenvalue weighted by atomic mass is 10.2. The maximum Gasteiger partial charge on any atom is 0.354 e. The van der Waals surface area contributed by atoms with E-state index >= 15 is 0 Å². The number of rotatable bonds is 6. The third-order valence-corrected chi connectivity index (χ3v) is 2.98. The van der Waals surface area contributed by atoms with Crippen LogP contribution in [0.4, 0.5) is 10.1 Å². The average molecular weight is 325 g/mol. The Bertz CT molecular complexity index is 626. The highest BCUT2D eigenvalue weighted by Crippen LogP contribution is 2.24. The maximum atomic E-state index is 14.0. The van der Waals surface area contributed by atoms with E-state index in [-0.39, 0.29) is 23.2 Å². The SMILES string of the molecule is COC(=O)/C=C(/Nc1ccc(OC2COC2)c(F)c1)C(=O)OC. The minimum atomic E-state index is -0.789. The molecule has 2 rings (SSSR count). The predicted octanol–water partition coefficient (Wildman–Crippen LogP) is 1.25. The van der Waals surface area contributed by atoms with Gasteiger partial charge >= 0.3 is 11.9 Å². The first kappa shape index (κ1) is 16.8. The molecule has 0 unspecified atom stereocenters. The summed E-state index contributed by atoms with van der Waals surface area (Å²) in [6.45, 7) is 0.849. The Kier molecular flexibility index (Phi) is 5.53. The quantitative estimate of drug-likeness (QED) is 0.622. The van der Waals surface area contributed by atoms with Gasteiger partial charge in [0, 0.05) is 11.8 Å². The molecule has 0 bridgehead atoms. The molecular weight excluding hydrogens is 309 g/mol. The summed E-state index contributed by atoms with van der Waals surface area (Å²) >= 11 is 0. The van der Waals surface area contributed by atoms with Crippen LogP contribution in [-0.4, -0.2) is 45.5 Å². The minimum Gasteiger partial charge on any atom is -0.483 e. The van der Waals surface area contributed by atoms with Gasteiger partial charge in [0.15, 0.2) is 11.6 Å². The van der Waals surface area contributed by atoms with Gasteiger partial charge < -0.3 is 24.3 Å². The number of halogens is 1. The Hall–Kier alpha value is -2.61.